The van der Waals surface area contributed by atoms with Gasteiger partial charge in [-0.25, -0.2) is 4.98 Å². The van der Waals surface area contributed by atoms with Crippen molar-refractivity contribution in [2.45, 2.75) is 19.4 Å². The van der Waals surface area contributed by atoms with Gasteiger partial charge in [0, 0.05) is 41.4 Å². The monoisotopic (exact) mass is 449 g/mol. The van der Waals surface area contributed by atoms with Gasteiger partial charge in [-0.3, -0.25) is 4.79 Å². The summed E-state index contributed by atoms with van der Waals surface area (Å²) in [6.45, 7) is 0.378. The van der Waals surface area contributed by atoms with Crippen LogP contribution in [0.15, 0.2) is 66.9 Å². The van der Waals surface area contributed by atoms with Crippen molar-refractivity contribution in [1.29, 1.82) is 0 Å². The Labute approximate surface area is 191 Å². The maximum Gasteiger partial charge on any atom is 0.220 e. The molecule has 7 heteroatoms. The van der Waals surface area contributed by atoms with Crippen LogP contribution in [0.5, 0.6) is 11.5 Å². The quantitative estimate of drug-likeness (QED) is 0.414. The van der Waals surface area contributed by atoms with Crippen LogP contribution < -0.4 is 14.8 Å². The highest BCUT2D eigenvalue weighted by Crippen LogP contribution is 2.27. The van der Waals surface area contributed by atoms with Crippen molar-refractivity contribution in [1.82, 2.24) is 14.7 Å². The number of amides is 1. The topological polar surface area (TPSA) is 64.9 Å². The highest BCUT2D eigenvalue weighted by atomic mass is 35.5. The first-order valence-corrected chi connectivity index (χ1v) is 10.7. The Balaban J connectivity index is 1.49. The van der Waals surface area contributed by atoms with Crippen LogP contribution in [0, 0.1) is 0 Å². The molecule has 2 aromatic carbocycles. The van der Waals surface area contributed by atoms with Crippen LogP contribution in [-0.2, 0) is 17.8 Å². The summed E-state index contributed by atoms with van der Waals surface area (Å²) in [5, 5.41) is 3.66. The van der Waals surface area contributed by atoms with E-state index in [4.69, 9.17) is 26.1 Å². The minimum absolute atomic E-state index is 0.0455. The number of carbonyl (C=O) groups is 1. The number of pyridine rings is 1. The van der Waals surface area contributed by atoms with Gasteiger partial charge in [0.2, 0.25) is 5.91 Å². The Kier molecular flexibility index (Phi) is 6.61. The number of imidazole rings is 1. The number of halogens is 1. The molecule has 0 aliphatic heterocycles. The number of aryl methyl sites for hydroxylation is 1. The number of fused-ring (bicyclic) bond motifs is 1. The van der Waals surface area contributed by atoms with E-state index in [9.17, 15) is 4.79 Å². The Morgan fingerprint density at radius 1 is 1.06 bits per heavy atom. The van der Waals surface area contributed by atoms with Gasteiger partial charge >= 0.3 is 0 Å². The SMILES string of the molecule is COc1ccc(CNC(=O)CCc2c(-c3ccc(Cl)cc3)nc3ccccn23)c(OC)c1. The van der Waals surface area contributed by atoms with Gasteiger partial charge in [-0.15, -0.1) is 0 Å². The molecule has 0 aliphatic rings. The average Bonchev–Trinajstić information content (AvgIpc) is 3.20. The molecule has 4 aromatic rings. The molecule has 0 aliphatic carbocycles. The van der Waals surface area contributed by atoms with Crippen LogP contribution in [0.25, 0.3) is 16.9 Å². The van der Waals surface area contributed by atoms with Crippen LogP contribution in [0.2, 0.25) is 5.02 Å². The molecule has 2 heterocycles. The zero-order valence-electron chi connectivity index (χ0n) is 18.0. The highest BCUT2D eigenvalue weighted by Gasteiger charge is 2.15. The fourth-order valence-electron chi connectivity index (χ4n) is 3.64. The fourth-order valence-corrected chi connectivity index (χ4v) is 3.76. The molecule has 1 amide bonds. The van der Waals surface area contributed by atoms with E-state index in [0.29, 0.717) is 35.9 Å². The van der Waals surface area contributed by atoms with Crippen molar-refractivity contribution in [2.75, 3.05) is 14.2 Å². The number of methoxy groups -OCH3 is 2. The number of carbonyl (C=O) groups excluding carboxylic acids is 1. The molecule has 0 fully saturated rings. The van der Waals surface area contributed by atoms with Gasteiger partial charge in [-0.1, -0.05) is 29.8 Å². The Hall–Kier alpha value is -3.51. The Morgan fingerprint density at radius 2 is 1.88 bits per heavy atom. The summed E-state index contributed by atoms with van der Waals surface area (Å²) in [5.74, 6) is 1.34. The third-order valence-corrected chi connectivity index (χ3v) is 5.56. The largest absolute Gasteiger partial charge is 0.497 e. The first-order chi connectivity index (χ1) is 15.6. The first-order valence-electron chi connectivity index (χ1n) is 10.3. The third kappa shape index (κ3) is 4.70. The molecule has 0 spiro atoms. The van der Waals surface area contributed by atoms with Crippen molar-refractivity contribution < 1.29 is 14.3 Å². The van der Waals surface area contributed by atoms with E-state index in [0.717, 1.165) is 28.2 Å². The summed E-state index contributed by atoms with van der Waals surface area (Å²) in [6.07, 6.45) is 2.85. The lowest BCUT2D eigenvalue weighted by Gasteiger charge is -2.11. The summed E-state index contributed by atoms with van der Waals surface area (Å²) in [5.41, 5.74) is 4.54. The zero-order valence-corrected chi connectivity index (χ0v) is 18.7. The van der Waals surface area contributed by atoms with Crippen molar-refractivity contribution in [3.63, 3.8) is 0 Å². The summed E-state index contributed by atoms with van der Waals surface area (Å²) in [7, 11) is 3.21. The molecule has 0 unspecified atom stereocenters. The minimum atomic E-state index is -0.0455. The van der Waals surface area contributed by atoms with E-state index in [1.165, 1.54) is 0 Å². The van der Waals surface area contributed by atoms with Crippen molar-refractivity contribution in [3.8, 4) is 22.8 Å². The minimum Gasteiger partial charge on any atom is -0.497 e. The number of aromatic nitrogens is 2. The van der Waals surface area contributed by atoms with E-state index in [2.05, 4.69) is 5.32 Å². The van der Waals surface area contributed by atoms with Crippen molar-refractivity contribution in [3.05, 3.63) is 83.1 Å². The highest BCUT2D eigenvalue weighted by molar-refractivity contribution is 6.30. The first kappa shape index (κ1) is 21.7. The smallest absolute Gasteiger partial charge is 0.220 e. The van der Waals surface area contributed by atoms with Gasteiger partial charge in [0.05, 0.1) is 25.6 Å². The Morgan fingerprint density at radius 3 is 2.62 bits per heavy atom. The average molecular weight is 450 g/mol. The molecule has 0 saturated carbocycles. The van der Waals surface area contributed by atoms with E-state index >= 15 is 0 Å². The van der Waals surface area contributed by atoms with Gasteiger partial charge < -0.3 is 19.2 Å². The molecular formula is C25H24ClN3O3. The van der Waals surface area contributed by atoms with Crippen molar-refractivity contribution in [2.24, 2.45) is 0 Å². The maximum absolute atomic E-state index is 12.6. The zero-order chi connectivity index (χ0) is 22.5. The lowest BCUT2D eigenvalue weighted by atomic mass is 10.1. The van der Waals surface area contributed by atoms with Gasteiger partial charge in [0.1, 0.15) is 17.1 Å². The third-order valence-electron chi connectivity index (χ3n) is 5.31. The number of hydrogen-bond donors (Lipinski definition) is 1. The molecule has 6 nitrogen and oxygen atoms in total. The van der Waals surface area contributed by atoms with Gasteiger partial charge in [-0.2, -0.15) is 0 Å². The second-order valence-corrected chi connectivity index (χ2v) is 7.73. The van der Waals surface area contributed by atoms with Crippen LogP contribution >= 0.6 is 11.6 Å². The fraction of sp³-hybridized carbons (Fsp3) is 0.200. The van der Waals surface area contributed by atoms with E-state index < -0.39 is 0 Å². The summed E-state index contributed by atoms with van der Waals surface area (Å²) < 4.78 is 12.7. The number of hydrogen-bond acceptors (Lipinski definition) is 4. The molecule has 0 atom stereocenters. The number of nitrogens with zero attached hydrogens (tertiary/aromatic N) is 2. The van der Waals surface area contributed by atoms with Crippen LogP contribution in [0.3, 0.4) is 0 Å². The molecule has 2 aromatic heterocycles. The number of nitrogens with one attached hydrogen (secondary N) is 1. The predicted octanol–water partition coefficient (Wildman–Crippen LogP) is 4.92. The number of benzene rings is 2. The second-order valence-electron chi connectivity index (χ2n) is 7.30. The summed E-state index contributed by atoms with van der Waals surface area (Å²) in [4.78, 5) is 17.4. The number of rotatable bonds is 8. The lowest BCUT2D eigenvalue weighted by molar-refractivity contribution is -0.121. The lowest BCUT2D eigenvalue weighted by Crippen LogP contribution is -2.23. The van der Waals surface area contributed by atoms with E-state index in [1.807, 2.05) is 65.2 Å². The van der Waals surface area contributed by atoms with E-state index in [1.54, 1.807) is 20.3 Å². The Bertz CT molecular complexity index is 1240. The predicted molar refractivity (Wildman–Crippen MR) is 125 cm³/mol. The molecule has 0 bridgehead atoms. The molecule has 0 radical (unpaired) electrons. The standard InChI is InChI=1S/C25H24ClN3O3/c1-31-20-11-8-18(22(15-20)32-2)16-27-24(30)13-12-21-25(17-6-9-19(26)10-7-17)28-23-5-3-4-14-29(21)23/h3-11,14-15H,12-13,16H2,1-2H3,(H,27,30). The van der Waals surface area contributed by atoms with Crippen LogP contribution in [0.1, 0.15) is 17.7 Å². The molecular weight excluding hydrogens is 426 g/mol. The van der Waals surface area contributed by atoms with Gasteiger partial charge in [-0.05, 0) is 42.8 Å². The van der Waals surface area contributed by atoms with Crippen molar-refractivity contribution >= 4 is 23.2 Å². The van der Waals surface area contributed by atoms with Gasteiger partial charge in [0.15, 0.2) is 0 Å². The van der Waals surface area contributed by atoms with E-state index in [-0.39, 0.29) is 5.91 Å². The van der Waals surface area contributed by atoms with Gasteiger partial charge in [0.25, 0.3) is 0 Å². The normalized spacial score (nSPS) is 10.8. The van der Waals surface area contributed by atoms with Crippen LogP contribution in [-0.4, -0.2) is 29.5 Å². The molecule has 0 saturated heterocycles. The summed E-state index contributed by atoms with van der Waals surface area (Å²) in [6, 6.07) is 19.0. The second kappa shape index (κ2) is 9.75. The summed E-state index contributed by atoms with van der Waals surface area (Å²) >= 11 is 6.05. The molecule has 4 rings (SSSR count). The molecule has 1 N–H and O–H groups in total. The maximum atomic E-state index is 12.6. The molecule has 32 heavy (non-hydrogen) atoms. The molecule has 164 valence electrons. The number of ether oxygens (including phenoxy) is 2. The van der Waals surface area contributed by atoms with Crippen LogP contribution in [0.4, 0.5) is 0 Å².